The van der Waals surface area contributed by atoms with Gasteiger partial charge >= 0.3 is 0 Å². The number of rotatable bonds is 5. The maximum Gasteiger partial charge on any atom is 0.262 e. The Morgan fingerprint density at radius 3 is 2.92 bits per heavy atom. The van der Waals surface area contributed by atoms with Gasteiger partial charge < -0.3 is 9.88 Å². The van der Waals surface area contributed by atoms with Gasteiger partial charge in [0.05, 0.1) is 0 Å². The number of aryl methyl sites for hydroxylation is 2. The lowest BCUT2D eigenvalue weighted by Crippen LogP contribution is -2.43. The fourth-order valence-corrected chi connectivity index (χ4v) is 4.99. The molecule has 24 heavy (non-hydrogen) atoms. The van der Waals surface area contributed by atoms with Crippen LogP contribution in [0.4, 0.5) is 5.13 Å². The second-order valence-corrected chi connectivity index (χ2v) is 8.24. The Morgan fingerprint density at radius 2 is 2.29 bits per heavy atom. The van der Waals surface area contributed by atoms with Gasteiger partial charge in [0.1, 0.15) is 11.9 Å². The molecule has 1 saturated heterocycles. The second kappa shape index (κ2) is 6.61. The van der Waals surface area contributed by atoms with Crippen molar-refractivity contribution in [1.82, 2.24) is 18.8 Å². The molecule has 0 radical (unpaired) electrons. The molecule has 0 aromatic carbocycles. The predicted octanol–water partition coefficient (Wildman–Crippen LogP) is 1.46. The van der Waals surface area contributed by atoms with Crippen LogP contribution in [-0.2, 0) is 21.4 Å². The summed E-state index contributed by atoms with van der Waals surface area (Å²) in [5, 5.41) is 4.89. The standard InChI is InChI=1S/C14H19N5O3S2/c1-3-18-9-12(16-10(18)2)24(21,22)19-7-4-5-11(19)13(20)17-14-15-6-8-23-14/h6,8-9,11H,3-5,7H2,1-2H3,(H,15,17,20). The van der Waals surface area contributed by atoms with E-state index in [2.05, 4.69) is 15.3 Å². The SMILES string of the molecule is CCn1cc(S(=O)(=O)N2CCCC2C(=O)Nc2nccs2)nc1C. The molecule has 0 bridgehead atoms. The molecule has 1 fully saturated rings. The number of amides is 1. The third-order valence-electron chi connectivity index (χ3n) is 4.04. The van der Waals surface area contributed by atoms with Gasteiger partial charge in [0, 0.05) is 30.9 Å². The van der Waals surface area contributed by atoms with Crippen LogP contribution in [0.15, 0.2) is 22.8 Å². The molecular weight excluding hydrogens is 350 g/mol. The Labute approximate surface area is 144 Å². The highest BCUT2D eigenvalue weighted by Gasteiger charge is 2.40. The minimum Gasteiger partial charge on any atom is -0.334 e. The smallest absolute Gasteiger partial charge is 0.262 e. The van der Waals surface area contributed by atoms with Gasteiger partial charge in [-0.1, -0.05) is 0 Å². The van der Waals surface area contributed by atoms with Crippen LogP contribution in [0, 0.1) is 6.92 Å². The first-order chi connectivity index (χ1) is 11.4. The van der Waals surface area contributed by atoms with E-state index in [1.807, 2.05) is 6.92 Å². The van der Waals surface area contributed by atoms with Gasteiger partial charge in [0.15, 0.2) is 10.2 Å². The Balaban J connectivity index is 1.84. The molecule has 10 heteroatoms. The summed E-state index contributed by atoms with van der Waals surface area (Å²) in [4.78, 5) is 20.6. The number of hydrogen-bond acceptors (Lipinski definition) is 6. The van der Waals surface area contributed by atoms with E-state index >= 15 is 0 Å². The van der Waals surface area contributed by atoms with Crippen LogP contribution in [0.3, 0.4) is 0 Å². The molecule has 8 nitrogen and oxygen atoms in total. The topological polar surface area (TPSA) is 97.2 Å². The lowest BCUT2D eigenvalue weighted by atomic mass is 10.2. The van der Waals surface area contributed by atoms with Gasteiger partial charge in [-0.25, -0.2) is 18.4 Å². The molecule has 130 valence electrons. The van der Waals surface area contributed by atoms with Crippen LogP contribution in [0.25, 0.3) is 0 Å². The molecule has 1 aliphatic heterocycles. The van der Waals surface area contributed by atoms with E-state index in [1.165, 1.54) is 21.8 Å². The average molecular weight is 369 g/mol. The Morgan fingerprint density at radius 1 is 1.50 bits per heavy atom. The van der Waals surface area contributed by atoms with Gasteiger partial charge in [0.25, 0.3) is 10.0 Å². The first kappa shape index (κ1) is 17.1. The second-order valence-electron chi connectivity index (χ2n) is 5.51. The van der Waals surface area contributed by atoms with Gasteiger partial charge in [-0.2, -0.15) is 4.31 Å². The largest absolute Gasteiger partial charge is 0.334 e. The van der Waals surface area contributed by atoms with Crippen molar-refractivity contribution in [2.75, 3.05) is 11.9 Å². The minimum absolute atomic E-state index is 0.00389. The molecule has 0 saturated carbocycles. The molecule has 3 heterocycles. The molecule has 1 aliphatic rings. The van der Waals surface area contributed by atoms with Crippen LogP contribution >= 0.6 is 11.3 Å². The van der Waals surface area contributed by atoms with Crippen molar-refractivity contribution in [3.63, 3.8) is 0 Å². The summed E-state index contributed by atoms with van der Waals surface area (Å²) in [5.74, 6) is 0.289. The molecule has 1 N–H and O–H groups in total. The van der Waals surface area contributed by atoms with Gasteiger partial charge in [-0.3, -0.25) is 4.79 Å². The van der Waals surface area contributed by atoms with Crippen molar-refractivity contribution in [2.45, 2.75) is 44.3 Å². The van der Waals surface area contributed by atoms with Crippen molar-refractivity contribution in [2.24, 2.45) is 0 Å². The molecule has 2 aromatic heterocycles. The van der Waals surface area contributed by atoms with Crippen molar-refractivity contribution < 1.29 is 13.2 Å². The van der Waals surface area contributed by atoms with Crippen molar-refractivity contribution in [1.29, 1.82) is 0 Å². The minimum atomic E-state index is -3.80. The highest BCUT2D eigenvalue weighted by Crippen LogP contribution is 2.27. The van der Waals surface area contributed by atoms with Gasteiger partial charge in [0.2, 0.25) is 5.91 Å². The van der Waals surface area contributed by atoms with Crippen LogP contribution in [-0.4, -0.2) is 45.8 Å². The van der Waals surface area contributed by atoms with Crippen molar-refractivity contribution in [3.05, 3.63) is 23.6 Å². The molecular formula is C14H19N5O3S2. The maximum absolute atomic E-state index is 12.9. The van der Waals surface area contributed by atoms with Crippen LogP contribution in [0.5, 0.6) is 0 Å². The number of carbonyl (C=O) groups excluding carboxylic acids is 1. The van der Waals surface area contributed by atoms with Crippen LogP contribution in [0.2, 0.25) is 0 Å². The van der Waals surface area contributed by atoms with E-state index in [4.69, 9.17) is 0 Å². The summed E-state index contributed by atoms with van der Waals surface area (Å²) in [6.07, 6.45) is 4.24. The van der Waals surface area contributed by atoms with Gasteiger partial charge in [-0.15, -0.1) is 11.3 Å². The van der Waals surface area contributed by atoms with Crippen LogP contribution < -0.4 is 5.32 Å². The number of anilines is 1. The summed E-state index contributed by atoms with van der Waals surface area (Å²) in [6, 6.07) is -0.731. The number of imidazole rings is 1. The number of carbonyl (C=O) groups is 1. The van der Waals surface area contributed by atoms with E-state index in [9.17, 15) is 13.2 Å². The first-order valence-electron chi connectivity index (χ1n) is 7.69. The van der Waals surface area contributed by atoms with Gasteiger partial charge in [-0.05, 0) is 26.7 Å². The number of sulfonamides is 1. The zero-order chi connectivity index (χ0) is 17.3. The molecule has 0 aliphatic carbocycles. The molecule has 3 rings (SSSR count). The number of nitrogens with zero attached hydrogens (tertiary/aromatic N) is 4. The predicted molar refractivity (Wildman–Crippen MR) is 90.3 cm³/mol. The highest BCUT2D eigenvalue weighted by molar-refractivity contribution is 7.89. The summed E-state index contributed by atoms with van der Waals surface area (Å²) in [6.45, 7) is 4.64. The number of thiazole rings is 1. The fraction of sp³-hybridized carbons (Fsp3) is 0.500. The number of aromatic nitrogens is 3. The van der Waals surface area contributed by atoms with E-state index in [0.29, 0.717) is 36.9 Å². The van der Waals surface area contributed by atoms with Crippen molar-refractivity contribution in [3.8, 4) is 0 Å². The lowest BCUT2D eigenvalue weighted by molar-refractivity contribution is -0.119. The Kier molecular flexibility index (Phi) is 4.70. The maximum atomic E-state index is 12.9. The van der Waals surface area contributed by atoms with E-state index < -0.39 is 16.1 Å². The third kappa shape index (κ3) is 3.08. The van der Waals surface area contributed by atoms with E-state index in [-0.39, 0.29) is 10.9 Å². The summed E-state index contributed by atoms with van der Waals surface area (Å²) in [7, 11) is -3.80. The Hall–Kier alpha value is -1.78. The number of nitrogens with one attached hydrogen (secondary N) is 1. The average Bonchev–Trinajstić information content (AvgIpc) is 3.27. The van der Waals surface area contributed by atoms with E-state index in [0.717, 1.165) is 0 Å². The quantitative estimate of drug-likeness (QED) is 0.860. The normalized spacial score (nSPS) is 18.8. The first-order valence-corrected chi connectivity index (χ1v) is 10.0. The zero-order valence-electron chi connectivity index (χ0n) is 13.5. The summed E-state index contributed by atoms with van der Waals surface area (Å²) in [5.41, 5.74) is 0. The lowest BCUT2D eigenvalue weighted by Gasteiger charge is -2.21. The highest BCUT2D eigenvalue weighted by atomic mass is 32.2. The summed E-state index contributed by atoms with van der Waals surface area (Å²) < 4.78 is 28.8. The zero-order valence-corrected chi connectivity index (χ0v) is 15.1. The molecule has 2 aromatic rings. The fourth-order valence-electron chi connectivity index (χ4n) is 2.81. The molecule has 1 amide bonds. The van der Waals surface area contributed by atoms with Crippen molar-refractivity contribution >= 4 is 32.4 Å². The third-order valence-corrected chi connectivity index (χ3v) is 6.50. The monoisotopic (exact) mass is 369 g/mol. The molecule has 0 spiro atoms. The Bertz CT molecular complexity index is 829. The number of hydrogen-bond donors (Lipinski definition) is 1. The van der Waals surface area contributed by atoms with Crippen LogP contribution in [0.1, 0.15) is 25.6 Å². The molecule has 1 unspecified atom stereocenters. The summed E-state index contributed by atoms with van der Waals surface area (Å²) >= 11 is 1.30. The van der Waals surface area contributed by atoms with E-state index in [1.54, 1.807) is 23.1 Å². The molecule has 1 atom stereocenters.